The number of rotatable bonds is 4. The van der Waals surface area contributed by atoms with Gasteiger partial charge in [-0.15, -0.1) is 23.1 Å². The summed E-state index contributed by atoms with van der Waals surface area (Å²) >= 11 is 3.54. The molecule has 0 saturated carbocycles. The Morgan fingerprint density at radius 3 is 2.33 bits per heavy atom. The molecule has 0 saturated heterocycles. The quantitative estimate of drug-likeness (QED) is 0.562. The van der Waals surface area contributed by atoms with E-state index in [0.717, 1.165) is 11.3 Å². The molecule has 3 heteroatoms. The first-order chi connectivity index (χ1) is 10.3. The van der Waals surface area contributed by atoms with Crippen LogP contribution in [0.1, 0.15) is 0 Å². The van der Waals surface area contributed by atoms with Crippen LogP contribution in [0.5, 0.6) is 5.75 Å². The summed E-state index contributed by atoms with van der Waals surface area (Å²) in [6, 6.07) is 18.9. The van der Waals surface area contributed by atoms with Gasteiger partial charge in [0.2, 0.25) is 0 Å². The minimum Gasteiger partial charge on any atom is -0.496 e. The molecule has 1 heterocycles. The van der Waals surface area contributed by atoms with Gasteiger partial charge in [-0.25, -0.2) is 0 Å². The van der Waals surface area contributed by atoms with Crippen molar-refractivity contribution in [1.82, 2.24) is 0 Å². The van der Waals surface area contributed by atoms with Crippen molar-refractivity contribution in [2.75, 3.05) is 13.4 Å². The Kier molecular flexibility index (Phi) is 4.32. The molecule has 0 bridgehead atoms. The van der Waals surface area contributed by atoms with Gasteiger partial charge < -0.3 is 4.74 Å². The normalized spacial score (nSPS) is 10.6. The zero-order valence-corrected chi connectivity index (χ0v) is 13.6. The van der Waals surface area contributed by atoms with Gasteiger partial charge in [-0.2, -0.15) is 0 Å². The zero-order chi connectivity index (χ0) is 14.7. The summed E-state index contributed by atoms with van der Waals surface area (Å²) in [4.78, 5) is 2.56. The Labute approximate surface area is 133 Å². The third-order valence-electron chi connectivity index (χ3n) is 3.41. The average Bonchev–Trinajstić information content (AvgIpc) is 3.04. The van der Waals surface area contributed by atoms with E-state index in [1.165, 1.54) is 20.9 Å². The Balaban J connectivity index is 2.18. The molecule has 0 fully saturated rings. The van der Waals surface area contributed by atoms with Gasteiger partial charge in [0.05, 0.1) is 7.11 Å². The van der Waals surface area contributed by atoms with E-state index < -0.39 is 0 Å². The van der Waals surface area contributed by atoms with E-state index in [4.69, 9.17) is 4.74 Å². The molecule has 0 radical (unpaired) electrons. The predicted molar refractivity (Wildman–Crippen MR) is 93.5 cm³/mol. The van der Waals surface area contributed by atoms with Crippen molar-refractivity contribution in [3.8, 4) is 27.3 Å². The van der Waals surface area contributed by atoms with Crippen molar-refractivity contribution in [2.24, 2.45) is 0 Å². The monoisotopic (exact) mass is 312 g/mol. The van der Waals surface area contributed by atoms with E-state index in [-0.39, 0.29) is 0 Å². The highest BCUT2D eigenvalue weighted by Gasteiger charge is 2.14. The molecule has 0 amide bonds. The molecule has 0 unspecified atom stereocenters. The van der Waals surface area contributed by atoms with Crippen LogP contribution in [0, 0.1) is 0 Å². The maximum absolute atomic E-state index is 5.52. The Bertz CT molecular complexity index is 684. The second-order valence-electron chi connectivity index (χ2n) is 4.56. The highest BCUT2D eigenvalue weighted by atomic mass is 32.2. The first kappa shape index (κ1) is 14.2. The van der Waals surface area contributed by atoms with Gasteiger partial charge in [0.15, 0.2) is 0 Å². The van der Waals surface area contributed by atoms with E-state index in [1.54, 1.807) is 30.2 Å². The second kappa shape index (κ2) is 6.37. The highest BCUT2D eigenvalue weighted by Crippen LogP contribution is 2.43. The van der Waals surface area contributed by atoms with Crippen LogP contribution in [0.15, 0.2) is 64.9 Å². The van der Waals surface area contributed by atoms with E-state index >= 15 is 0 Å². The molecule has 0 aliphatic rings. The maximum Gasteiger partial charge on any atom is 0.127 e. The lowest BCUT2D eigenvalue weighted by molar-refractivity contribution is 0.416. The lowest BCUT2D eigenvalue weighted by atomic mass is 10.0. The number of hydrogen-bond donors (Lipinski definition) is 0. The molecule has 0 aliphatic carbocycles. The number of thiophene rings is 1. The molecule has 106 valence electrons. The van der Waals surface area contributed by atoms with Crippen molar-refractivity contribution in [1.29, 1.82) is 0 Å². The summed E-state index contributed by atoms with van der Waals surface area (Å²) in [6.07, 6.45) is 2.12. The zero-order valence-electron chi connectivity index (χ0n) is 12.0. The number of thioether (sulfide) groups is 1. The van der Waals surface area contributed by atoms with Gasteiger partial charge in [0.25, 0.3) is 0 Å². The topological polar surface area (TPSA) is 9.23 Å². The third-order valence-corrected chi connectivity index (χ3v) is 5.16. The van der Waals surface area contributed by atoms with Crippen molar-refractivity contribution in [2.45, 2.75) is 4.90 Å². The summed E-state index contributed by atoms with van der Waals surface area (Å²) in [5.74, 6) is 0.919. The molecule has 1 nitrogen and oxygen atoms in total. The fraction of sp³-hybridized carbons (Fsp3) is 0.111. The van der Waals surface area contributed by atoms with Crippen molar-refractivity contribution >= 4 is 23.1 Å². The van der Waals surface area contributed by atoms with Gasteiger partial charge in [0.1, 0.15) is 5.75 Å². The van der Waals surface area contributed by atoms with Gasteiger partial charge in [0, 0.05) is 20.9 Å². The van der Waals surface area contributed by atoms with Crippen LogP contribution in [0.3, 0.4) is 0 Å². The predicted octanol–water partition coefficient (Wildman–Crippen LogP) is 5.81. The molecule has 0 aliphatic heterocycles. The van der Waals surface area contributed by atoms with Crippen LogP contribution in [-0.2, 0) is 0 Å². The van der Waals surface area contributed by atoms with Crippen LogP contribution in [0.2, 0.25) is 0 Å². The fourth-order valence-electron chi connectivity index (χ4n) is 2.43. The fourth-order valence-corrected chi connectivity index (χ4v) is 3.98. The van der Waals surface area contributed by atoms with Crippen molar-refractivity contribution in [3.05, 3.63) is 60.0 Å². The minimum absolute atomic E-state index is 0.919. The number of methoxy groups -OCH3 is 1. The van der Waals surface area contributed by atoms with Gasteiger partial charge in [-0.3, -0.25) is 0 Å². The molecule has 0 N–H and O–H groups in total. The SMILES string of the molecule is COc1ccccc1-c1sccc1-c1ccccc1SC. The summed E-state index contributed by atoms with van der Waals surface area (Å²) in [7, 11) is 1.72. The van der Waals surface area contributed by atoms with E-state index in [0.29, 0.717) is 0 Å². The van der Waals surface area contributed by atoms with Crippen LogP contribution in [0.4, 0.5) is 0 Å². The Morgan fingerprint density at radius 1 is 0.857 bits per heavy atom. The smallest absolute Gasteiger partial charge is 0.127 e. The van der Waals surface area contributed by atoms with Crippen LogP contribution < -0.4 is 4.74 Å². The lowest BCUT2D eigenvalue weighted by Gasteiger charge is -2.11. The summed E-state index contributed by atoms with van der Waals surface area (Å²) in [6.45, 7) is 0. The lowest BCUT2D eigenvalue weighted by Crippen LogP contribution is -1.88. The molecule has 3 aromatic rings. The summed E-state index contributed by atoms with van der Waals surface area (Å²) in [5.41, 5.74) is 3.71. The maximum atomic E-state index is 5.52. The molecule has 0 spiro atoms. The largest absolute Gasteiger partial charge is 0.496 e. The molecule has 1 aromatic heterocycles. The standard InChI is InChI=1S/C18H16OS2/c1-19-16-9-5-3-8-15(16)18-14(11-12-21-18)13-7-4-6-10-17(13)20-2/h3-12H,1-2H3. The first-order valence-electron chi connectivity index (χ1n) is 6.69. The molecular weight excluding hydrogens is 296 g/mol. The van der Waals surface area contributed by atoms with Crippen molar-refractivity contribution < 1.29 is 4.74 Å². The van der Waals surface area contributed by atoms with Crippen LogP contribution in [-0.4, -0.2) is 13.4 Å². The molecule has 3 rings (SSSR count). The summed E-state index contributed by atoms with van der Waals surface area (Å²) in [5, 5.41) is 2.15. The number of benzene rings is 2. The molecule has 21 heavy (non-hydrogen) atoms. The minimum atomic E-state index is 0.919. The highest BCUT2D eigenvalue weighted by molar-refractivity contribution is 7.98. The van der Waals surface area contributed by atoms with E-state index in [1.807, 2.05) is 12.1 Å². The number of hydrogen-bond acceptors (Lipinski definition) is 3. The average molecular weight is 312 g/mol. The van der Waals surface area contributed by atoms with E-state index in [9.17, 15) is 0 Å². The third kappa shape index (κ3) is 2.71. The van der Waals surface area contributed by atoms with Crippen LogP contribution in [0.25, 0.3) is 21.6 Å². The van der Waals surface area contributed by atoms with Gasteiger partial charge >= 0.3 is 0 Å². The first-order valence-corrected chi connectivity index (χ1v) is 8.80. The number of ether oxygens (including phenoxy) is 1. The van der Waals surface area contributed by atoms with E-state index in [2.05, 4.69) is 54.1 Å². The molecule has 0 atom stereocenters. The second-order valence-corrected chi connectivity index (χ2v) is 6.33. The van der Waals surface area contributed by atoms with Crippen molar-refractivity contribution in [3.63, 3.8) is 0 Å². The van der Waals surface area contributed by atoms with Crippen LogP contribution >= 0.6 is 23.1 Å². The summed E-state index contributed by atoms with van der Waals surface area (Å²) < 4.78 is 5.52. The molecule has 2 aromatic carbocycles. The number of para-hydroxylation sites is 1. The van der Waals surface area contributed by atoms with Gasteiger partial charge in [-0.05, 0) is 41.5 Å². The molecular formula is C18H16OS2. The Morgan fingerprint density at radius 2 is 1.57 bits per heavy atom. The Hall–Kier alpha value is -1.71. The van der Waals surface area contributed by atoms with Gasteiger partial charge in [-0.1, -0.05) is 30.3 Å².